The maximum Gasteiger partial charge on any atom is 0.274 e. The molecule has 0 unspecified atom stereocenters. The van der Waals surface area contributed by atoms with Crippen molar-refractivity contribution >= 4 is 28.1 Å². The van der Waals surface area contributed by atoms with Gasteiger partial charge in [-0.3, -0.25) is 19.0 Å². The summed E-state index contributed by atoms with van der Waals surface area (Å²) in [5.74, 6) is -0.243. The second-order valence-electron chi connectivity index (χ2n) is 9.64. The number of allylic oxidation sites excluding steroid dienone is 5. The molecule has 0 atom stereocenters. The van der Waals surface area contributed by atoms with E-state index in [-0.39, 0.29) is 5.91 Å². The predicted molar refractivity (Wildman–Crippen MR) is 159 cm³/mol. The van der Waals surface area contributed by atoms with E-state index in [0.717, 1.165) is 33.3 Å². The van der Waals surface area contributed by atoms with Gasteiger partial charge in [0.25, 0.3) is 5.91 Å². The van der Waals surface area contributed by atoms with Gasteiger partial charge in [0.05, 0.1) is 35.8 Å². The Labute approximate surface area is 228 Å². The standard InChI is InChI=1S/C28H27N7O.C3H8/c1-18(2)7-5-8-19(3)17-35-24-10-6-9-23(27(24)20(4)33-35)32-28(36)25-16-29-26-13-21(11-12-34(25)26)22-14-30-31-15-22;1-3-2/h5-16H,3,17H2,1-2,4H3,(H,30,31)(H,32,36);3H2,1-2H3/b8-5-;. The largest absolute Gasteiger partial charge is 0.320 e. The van der Waals surface area contributed by atoms with Crippen LogP contribution in [0.4, 0.5) is 5.69 Å². The maximum atomic E-state index is 13.3. The summed E-state index contributed by atoms with van der Waals surface area (Å²) in [5.41, 5.74) is 7.70. The molecule has 4 heterocycles. The second-order valence-corrected chi connectivity index (χ2v) is 9.64. The zero-order valence-corrected chi connectivity index (χ0v) is 23.2. The van der Waals surface area contributed by atoms with Crippen LogP contribution < -0.4 is 5.32 Å². The van der Waals surface area contributed by atoms with Gasteiger partial charge in [0, 0.05) is 23.3 Å². The molecule has 0 saturated heterocycles. The molecule has 0 spiro atoms. The molecule has 8 heteroatoms. The Morgan fingerprint density at radius 1 is 1.15 bits per heavy atom. The number of hydrogen-bond acceptors (Lipinski definition) is 4. The van der Waals surface area contributed by atoms with Crippen molar-refractivity contribution in [1.82, 2.24) is 29.4 Å². The van der Waals surface area contributed by atoms with Gasteiger partial charge in [0.2, 0.25) is 0 Å². The van der Waals surface area contributed by atoms with Gasteiger partial charge in [0.1, 0.15) is 11.3 Å². The number of rotatable bonds is 7. The van der Waals surface area contributed by atoms with Crippen LogP contribution in [0.25, 0.3) is 27.7 Å². The summed E-state index contributed by atoms with van der Waals surface area (Å²) in [5, 5.41) is 15.5. The summed E-state index contributed by atoms with van der Waals surface area (Å²) in [6, 6.07) is 9.68. The van der Waals surface area contributed by atoms with E-state index in [1.54, 1.807) is 16.8 Å². The van der Waals surface area contributed by atoms with Gasteiger partial charge in [-0.25, -0.2) is 4.98 Å². The number of carbonyl (C=O) groups excluding carboxylic acids is 1. The fourth-order valence-electron chi connectivity index (χ4n) is 4.19. The van der Waals surface area contributed by atoms with Crippen molar-refractivity contribution in [3.05, 3.63) is 102 Å². The molecule has 8 nitrogen and oxygen atoms in total. The average molecular weight is 522 g/mol. The molecule has 5 rings (SSSR count). The number of nitrogens with one attached hydrogen (secondary N) is 2. The lowest BCUT2D eigenvalue weighted by molar-refractivity contribution is 0.102. The highest BCUT2D eigenvalue weighted by Gasteiger charge is 2.17. The molecule has 0 radical (unpaired) electrons. The van der Waals surface area contributed by atoms with Crippen molar-refractivity contribution in [3.8, 4) is 11.1 Å². The van der Waals surface area contributed by atoms with Crippen LogP contribution in [-0.4, -0.2) is 35.3 Å². The van der Waals surface area contributed by atoms with Crippen LogP contribution in [0.1, 0.15) is 50.3 Å². The first-order chi connectivity index (χ1) is 18.8. The third-order valence-corrected chi connectivity index (χ3v) is 5.89. The first-order valence-electron chi connectivity index (χ1n) is 13.1. The highest BCUT2D eigenvalue weighted by molar-refractivity contribution is 6.08. The van der Waals surface area contributed by atoms with E-state index >= 15 is 0 Å². The van der Waals surface area contributed by atoms with E-state index in [1.165, 1.54) is 12.0 Å². The molecule has 0 aliphatic rings. The summed E-state index contributed by atoms with van der Waals surface area (Å²) < 4.78 is 3.69. The Morgan fingerprint density at radius 2 is 1.95 bits per heavy atom. The number of pyridine rings is 1. The Hall–Kier alpha value is -4.72. The fraction of sp³-hybridized carbons (Fsp3) is 0.226. The van der Waals surface area contributed by atoms with Gasteiger partial charge in [-0.2, -0.15) is 10.2 Å². The van der Waals surface area contributed by atoms with Crippen LogP contribution in [0.2, 0.25) is 0 Å². The smallest absolute Gasteiger partial charge is 0.274 e. The summed E-state index contributed by atoms with van der Waals surface area (Å²) in [4.78, 5) is 17.7. The van der Waals surface area contributed by atoms with Gasteiger partial charge in [0.15, 0.2) is 0 Å². The Balaban J connectivity index is 0.00000112. The minimum absolute atomic E-state index is 0.243. The molecule has 0 bridgehead atoms. The van der Waals surface area contributed by atoms with Gasteiger partial charge in [-0.15, -0.1) is 0 Å². The number of hydrogen-bond donors (Lipinski definition) is 2. The van der Waals surface area contributed by atoms with Crippen molar-refractivity contribution < 1.29 is 4.79 Å². The number of carbonyl (C=O) groups is 1. The van der Waals surface area contributed by atoms with E-state index in [9.17, 15) is 4.79 Å². The Morgan fingerprint density at radius 3 is 2.67 bits per heavy atom. The first kappa shape index (κ1) is 27.3. The zero-order valence-electron chi connectivity index (χ0n) is 23.2. The van der Waals surface area contributed by atoms with E-state index in [2.05, 4.69) is 54.8 Å². The average Bonchev–Trinajstić information content (AvgIpc) is 3.64. The maximum absolute atomic E-state index is 13.3. The molecule has 0 fully saturated rings. The summed E-state index contributed by atoms with van der Waals surface area (Å²) in [7, 11) is 0. The predicted octanol–water partition coefficient (Wildman–Crippen LogP) is 7.13. The number of fused-ring (bicyclic) bond motifs is 2. The molecule has 200 valence electrons. The van der Waals surface area contributed by atoms with E-state index in [0.29, 0.717) is 23.6 Å². The molecule has 4 aromatic heterocycles. The lowest BCUT2D eigenvalue weighted by atomic mass is 10.1. The van der Waals surface area contributed by atoms with E-state index in [1.807, 2.05) is 72.6 Å². The van der Waals surface area contributed by atoms with Crippen molar-refractivity contribution in [2.24, 2.45) is 0 Å². The number of imidazole rings is 1. The van der Waals surface area contributed by atoms with Gasteiger partial charge in [-0.05, 0) is 56.2 Å². The van der Waals surface area contributed by atoms with Gasteiger partial charge >= 0.3 is 0 Å². The fourth-order valence-corrected chi connectivity index (χ4v) is 4.19. The molecule has 1 amide bonds. The van der Waals surface area contributed by atoms with Crippen LogP contribution in [0.5, 0.6) is 0 Å². The number of anilines is 1. The molecular formula is C31H35N7O. The molecule has 2 N–H and O–H groups in total. The molecule has 0 aliphatic carbocycles. The van der Waals surface area contributed by atoms with E-state index in [4.69, 9.17) is 5.10 Å². The number of amides is 1. The molecule has 0 aliphatic heterocycles. The molecule has 0 saturated carbocycles. The second kappa shape index (κ2) is 12.2. The highest BCUT2D eigenvalue weighted by atomic mass is 16.1. The molecule has 1 aromatic carbocycles. The Bertz CT molecular complexity index is 1660. The summed E-state index contributed by atoms with van der Waals surface area (Å²) in [6.07, 6.45) is 14.3. The number of benzene rings is 1. The van der Waals surface area contributed by atoms with Crippen LogP contribution in [0.3, 0.4) is 0 Å². The zero-order chi connectivity index (χ0) is 27.9. The van der Waals surface area contributed by atoms with E-state index < -0.39 is 0 Å². The van der Waals surface area contributed by atoms with Crippen LogP contribution >= 0.6 is 0 Å². The first-order valence-corrected chi connectivity index (χ1v) is 13.1. The van der Waals surface area contributed by atoms with Crippen LogP contribution in [-0.2, 0) is 6.54 Å². The van der Waals surface area contributed by atoms with Gasteiger partial charge in [-0.1, -0.05) is 56.7 Å². The summed E-state index contributed by atoms with van der Waals surface area (Å²) >= 11 is 0. The number of aryl methyl sites for hydroxylation is 1. The van der Waals surface area contributed by atoms with Crippen LogP contribution in [0.15, 0.2) is 91.1 Å². The lowest BCUT2D eigenvalue weighted by Gasteiger charge is -2.08. The van der Waals surface area contributed by atoms with Gasteiger partial charge < -0.3 is 5.32 Å². The monoisotopic (exact) mass is 521 g/mol. The number of nitrogens with zero attached hydrogens (tertiary/aromatic N) is 5. The van der Waals surface area contributed by atoms with Crippen molar-refractivity contribution in [3.63, 3.8) is 0 Å². The third-order valence-electron chi connectivity index (χ3n) is 5.89. The molecule has 39 heavy (non-hydrogen) atoms. The van der Waals surface area contributed by atoms with Crippen molar-refractivity contribution in [2.75, 3.05) is 5.32 Å². The minimum Gasteiger partial charge on any atom is -0.320 e. The Kier molecular flexibility index (Phi) is 8.56. The van der Waals surface area contributed by atoms with Crippen molar-refractivity contribution in [2.45, 2.75) is 47.6 Å². The SMILES string of the molecule is C=C(/C=C\C=C(C)C)Cn1nc(C)c2c(NC(=O)c3cnc4cc(-c5cn[nH]c5)ccn34)cccc21.CCC. The third kappa shape index (κ3) is 6.23. The number of aromatic amines is 1. The topological polar surface area (TPSA) is 92.9 Å². The quantitative estimate of drug-likeness (QED) is 0.223. The summed E-state index contributed by atoms with van der Waals surface area (Å²) in [6.45, 7) is 15.0. The molecular weight excluding hydrogens is 486 g/mol. The lowest BCUT2D eigenvalue weighted by Crippen LogP contribution is -2.14. The van der Waals surface area contributed by atoms with Crippen molar-refractivity contribution in [1.29, 1.82) is 0 Å². The normalized spacial score (nSPS) is 11.0. The number of H-pyrrole nitrogens is 1. The number of aromatic nitrogens is 6. The highest BCUT2D eigenvalue weighted by Crippen LogP contribution is 2.28. The van der Waals surface area contributed by atoms with Crippen LogP contribution in [0, 0.1) is 6.92 Å². The minimum atomic E-state index is -0.243. The molecule has 5 aromatic rings.